The first-order chi connectivity index (χ1) is 63.3. The van der Waals surface area contributed by atoms with Crippen LogP contribution in [-0.4, -0.2) is 297 Å². The zero-order chi connectivity index (χ0) is 99.7. The lowest BCUT2D eigenvalue weighted by Crippen LogP contribution is -2.29. The molecule has 0 saturated carbocycles. The number of carbonyl (C=O) groups excluding carboxylic acids is 14. The molecule has 0 aliphatic heterocycles. The Morgan fingerprint density at radius 2 is 0.538 bits per heavy atom. The molecule has 0 heterocycles. The molecule has 0 fully saturated rings. The number of carboxylic acid groups (broad SMARTS) is 1. The Kier molecular flexibility index (Phi) is 99.2. The Labute approximate surface area is 781 Å². The lowest BCUT2D eigenvalue weighted by Gasteiger charge is -2.17. The summed E-state index contributed by atoms with van der Waals surface area (Å²) in [6, 6.07) is 9.74. The fourth-order valence-corrected chi connectivity index (χ4v) is 10.5. The van der Waals surface area contributed by atoms with Gasteiger partial charge < -0.3 is 145 Å². The highest BCUT2D eigenvalue weighted by Gasteiger charge is 2.22. The predicted molar refractivity (Wildman–Crippen MR) is 482 cm³/mol. The van der Waals surface area contributed by atoms with Crippen LogP contribution < -0.4 is 5.73 Å². The number of hydrogen-bond acceptors (Lipinski definition) is 38. The van der Waals surface area contributed by atoms with Gasteiger partial charge in [-0.05, 0) is 201 Å². The third-order valence-corrected chi connectivity index (χ3v) is 17.4. The first-order valence-electron chi connectivity index (χ1n) is 45.6. The van der Waals surface area contributed by atoms with Crippen LogP contribution in [0, 0.1) is 0 Å². The van der Waals surface area contributed by atoms with Gasteiger partial charge in [-0.15, -0.1) is 0 Å². The Morgan fingerprint density at radius 3 is 0.818 bits per heavy atom. The van der Waals surface area contributed by atoms with Gasteiger partial charge in [0.1, 0.15) is 79.9 Å². The van der Waals surface area contributed by atoms with E-state index in [0.717, 1.165) is 121 Å². The number of esters is 3. The van der Waals surface area contributed by atoms with Gasteiger partial charge in [0.2, 0.25) is 0 Å². The van der Waals surface area contributed by atoms with Gasteiger partial charge >= 0.3 is 54.7 Å². The molecule has 1 aromatic carbocycles. The van der Waals surface area contributed by atoms with Crippen molar-refractivity contribution in [3.63, 3.8) is 0 Å². The Hall–Kier alpha value is -8.93. The van der Waals surface area contributed by atoms with E-state index in [2.05, 4.69) is 9.47 Å². The minimum Gasteiger partial charge on any atom is -0.481 e. The smallest absolute Gasteiger partial charge is 0.481 e. The highest BCUT2D eigenvalue weighted by Crippen LogP contribution is 2.13. The number of benzene rings is 1. The van der Waals surface area contributed by atoms with Crippen molar-refractivity contribution in [2.75, 3.05) is 162 Å². The van der Waals surface area contributed by atoms with E-state index in [9.17, 15) is 77.0 Å². The number of nitrogens with two attached hydrogens (primary N) is 1. The van der Waals surface area contributed by atoms with Crippen LogP contribution >= 0.6 is 0 Å². The van der Waals surface area contributed by atoms with Gasteiger partial charge in [-0.25, -0.2) is 24.0 Å². The average Bonchev–Trinajstić information content (AvgIpc) is 0.958. The van der Waals surface area contributed by atoms with Crippen molar-refractivity contribution in [2.45, 2.75) is 310 Å². The van der Waals surface area contributed by atoms with E-state index in [0.29, 0.717) is 122 Å². The summed E-state index contributed by atoms with van der Waals surface area (Å²) >= 11 is 0. The number of aliphatic hydroxyl groups is 2. The molecule has 0 aliphatic carbocycles. The minimum atomic E-state index is -0.911. The molecule has 0 bridgehead atoms. The lowest BCUT2D eigenvalue weighted by molar-refractivity contribution is -0.155. The quantitative estimate of drug-likeness (QED) is 0.0267. The molecular weight excluding hydrogens is 1740 g/mol. The van der Waals surface area contributed by atoms with Gasteiger partial charge in [-0.2, -0.15) is 0 Å². The van der Waals surface area contributed by atoms with Crippen molar-refractivity contribution in [3.05, 3.63) is 35.9 Å². The second-order valence-electron chi connectivity index (χ2n) is 30.5. The standard InChI is InChI=1S/C19H28O6.C18H33NO7.C18H30O9.C18H32O8.C12H22O6.C8H16O2/c1-16(20)9-5-4-8-12-23-19(21)25-15-18(14-22-2)24-13-17-10-6-3-7-11-17;1-15(20)9-5-4-8-12-24-18(22)25-14-16(13-23-2)26-17(21)10-6-3-7-11-19;1-14(19)8-4-3-7-11-25-18(23)26-13-15(12-24-2)27-17(22)10-6-5-9-16(20)21;1-15(20)9-5-4-8-12-24-18(22)25-14-16(13-23-2)26-17(21)10-6-3-7-11-19;1-10(13)6-4-3-5-7-17-12(15)18-9-11(14)8-16-2;1-8(9)6-4-3-5-7-10-2/h3,6-7,10-11,18H,4-5,8-9,12-15H2,1-2H3;16H,3-14,19H2,1-2H3;15H,3-13H2,1-2H3,(H,20,21);16,19H,3-14H2,1-2H3;11,14H,3-9H2,1-2H3;3-7H2,1-2H3. The van der Waals surface area contributed by atoms with E-state index in [-0.39, 0.29) is 165 Å². The van der Waals surface area contributed by atoms with Crippen molar-refractivity contribution < 1.29 is 182 Å². The van der Waals surface area contributed by atoms with E-state index < -0.39 is 73.1 Å². The molecule has 0 aromatic heterocycles. The van der Waals surface area contributed by atoms with Crippen LogP contribution in [0.3, 0.4) is 0 Å². The molecule has 1 aromatic rings. The topological polar surface area (TPSA) is 527 Å². The van der Waals surface area contributed by atoms with Crippen molar-refractivity contribution in [2.24, 2.45) is 5.73 Å². The van der Waals surface area contributed by atoms with Crippen LogP contribution in [0.4, 0.5) is 24.0 Å². The molecular formula is C93H161NO38. The zero-order valence-electron chi connectivity index (χ0n) is 80.9. The normalized spacial score (nSPS) is 11.5. The van der Waals surface area contributed by atoms with Crippen molar-refractivity contribution >= 4 is 89.4 Å². The number of aliphatic carboxylic acids is 1. The fourth-order valence-electron chi connectivity index (χ4n) is 10.5. The van der Waals surface area contributed by atoms with E-state index in [1.807, 2.05) is 30.3 Å². The lowest BCUT2D eigenvalue weighted by atomic mass is 10.1. The molecule has 0 spiro atoms. The summed E-state index contributed by atoms with van der Waals surface area (Å²) in [5.41, 5.74) is 6.44. The van der Waals surface area contributed by atoms with Crippen LogP contribution in [0.1, 0.15) is 278 Å². The van der Waals surface area contributed by atoms with E-state index in [1.165, 1.54) is 35.4 Å². The van der Waals surface area contributed by atoms with E-state index in [1.54, 1.807) is 48.8 Å². The highest BCUT2D eigenvalue weighted by atomic mass is 16.8. The van der Waals surface area contributed by atoms with E-state index >= 15 is 0 Å². The number of ketones is 6. The zero-order valence-corrected chi connectivity index (χ0v) is 80.9. The first-order valence-corrected chi connectivity index (χ1v) is 45.6. The Bertz CT molecular complexity index is 2990. The molecule has 5 unspecified atom stereocenters. The third kappa shape index (κ3) is 108. The van der Waals surface area contributed by atoms with Gasteiger partial charge in [0.25, 0.3) is 0 Å². The summed E-state index contributed by atoms with van der Waals surface area (Å²) in [4.78, 5) is 167. The molecule has 132 heavy (non-hydrogen) atoms. The fraction of sp³-hybridized carbons (Fsp3) is 0.774. The average molecular weight is 1900 g/mol. The maximum Gasteiger partial charge on any atom is 0.508 e. The number of aliphatic hydroxyl groups excluding tert-OH is 2. The SMILES string of the molecule is COCC(COC(=O)OCCCCCC(C)=O)OC(=O)CCCCC(=O)O.COCC(COC(=O)OCCCCCC(C)=O)OC(=O)CCCCCN.COCC(COC(=O)OCCCCCC(C)=O)OC(=O)CCCCCO.COCC(COC(=O)OCCCCCC(C)=O)OCc1ccccc1.COCC(O)COC(=O)OCCCCCC(C)=O.COCCCCCC(C)=O. The van der Waals surface area contributed by atoms with Gasteiger partial charge in [0.15, 0.2) is 18.3 Å². The van der Waals surface area contributed by atoms with Crippen molar-refractivity contribution in [1.29, 1.82) is 0 Å². The third-order valence-electron chi connectivity index (χ3n) is 17.4. The summed E-state index contributed by atoms with van der Waals surface area (Å²) in [6.07, 6.45) is 16.6. The van der Waals surface area contributed by atoms with Crippen molar-refractivity contribution in [3.8, 4) is 0 Å². The second kappa shape index (κ2) is 99.5. The summed E-state index contributed by atoms with van der Waals surface area (Å²) in [7, 11) is 9.07. The number of carboxylic acids is 1. The summed E-state index contributed by atoms with van der Waals surface area (Å²) in [6.45, 7) is 12.7. The molecule has 39 nitrogen and oxygen atoms in total. The monoisotopic (exact) mass is 1900 g/mol. The summed E-state index contributed by atoms with van der Waals surface area (Å²) in [5, 5.41) is 26.4. The number of hydrogen-bond donors (Lipinski definition) is 4. The Balaban J connectivity index is -0.000000498. The molecule has 0 amide bonds. The maximum absolute atomic E-state index is 11.8. The summed E-state index contributed by atoms with van der Waals surface area (Å²) < 4.78 is 99.9. The number of carbonyl (C=O) groups is 15. The number of ether oxygens (including phenoxy) is 20. The maximum atomic E-state index is 11.8. The molecule has 39 heteroatoms. The van der Waals surface area contributed by atoms with E-state index in [4.69, 9.17) is 101 Å². The van der Waals surface area contributed by atoms with Gasteiger partial charge in [-0.1, -0.05) is 49.6 Å². The van der Waals surface area contributed by atoms with Crippen LogP contribution in [0.5, 0.6) is 0 Å². The molecule has 0 saturated heterocycles. The van der Waals surface area contributed by atoms with Gasteiger partial charge in [-0.3, -0.25) is 19.2 Å². The summed E-state index contributed by atoms with van der Waals surface area (Å²) in [5.74, 6) is -1.09. The number of methoxy groups -OCH3 is 6. The van der Waals surface area contributed by atoms with Crippen LogP contribution in [-0.2, 0) is 149 Å². The molecule has 1 rings (SSSR count). The molecule has 766 valence electrons. The molecule has 5 N–H and O–H groups in total. The predicted octanol–water partition coefficient (Wildman–Crippen LogP) is 13.9. The number of Topliss-reactive ketones (excluding diaryl/α,β-unsaturated/α-hetero) is 6. The number of rotatable bonds is 77. The van der Waals surface area contributed by atoms with Crippen LogP contribution in [0.2, 0.25) is 0 Å². The second-order valence-corrected chi connectivity index (χ2v) is 30.5. The minimum absolute atomic E-state index is 0.00150. The van der Waals surface area contributed by atoms with Gasteiger partial charge in [0.05, 0.1) is 72.7 Å². The molecule has 5 atom stereocenters. The number of unbranched alkanes of at least 4 members (excludes halogenated alkanes) is 17. The first kappa shape index (κ1) is 132. The molecule has 0 aliphatic rings. The largest absolute Gasteiger partial charge is 0.508 e. The van der Waals surface area contributed by atoms with Gasteiger partial charge in [0, 0.05) is 120 Å². The Morgan fingerprint density at radius 1 is 0.280 bits per heavy atom. The van der Waals surface area contributed by atoms with Crippen molar-refractivity contribution in [1.82, 2.24) is 0 Å². The highest BCUT2D eigenvalue weighted by molar-refractivity contribution is 5.77. The molecule has 0 radical (unpaired) electrons. The van der Waals surface area contributed by atoms with Crippen LogP contribution in [0.15, 0.2) is 30.3 Å². The van der Waals surface area contributed by atoms with Crippen LogP contribution in [0.25, 0.3) is 0 Å².